The molecule has 4 aromatic rings. The van der Waals surface area contributed by atoms with E-state index in [2.05, 4.69) is 24.9 Å². The van der Waals surface area contributed by atoms with Gasteiger partial charge in [-0.25, -0.2) is 19.5 Å². The smallest absolute Gasteiger partial charge is 0.277 e. The number of ether oxygens (including phenoxy) is 1. The van der Waals surface area contributed by atoms with E-state index in [1.807, 2.05) is 31.5 Å². The summed E-state index contributed by atoms with van der Waals surface area (Å²) in [4.78, 5) is 31.5. The maximum atomic E-state index is 13.3. The Kier molecular flexibility index (Phi) is 4.96. The zero-order valence-corrected chi connectivity index (χ0v) is 18.5. The van der Waals surface area contributed by atoms with Crippen molar-refractivity contribution in [2.75, 3.05) is 37.7 Å². The molecule has 33 heavy (non-hydrogen) atoms. The number of fused-ring (bicyclic) bond motifs is 2. The Hall–Kier alpha value is -3.50. The molecule has 0 saturated carbocycles. The molecule has 4 aromatic heterocycles. The van der Waals surface area contributed by atoms with E-state index in [9.17, 15) is 4.79 Å². The highest BCUT2D eigenvalue weighted by molar-refractivity contribution is 5.65. The van der Waals surface area contributed by atoms with Gasteiger partial charge in [0.25, 0.3) is 5.56 Å². The molecule has 2 aliphatic rings. The molecule has 0 amide bonds. The minimum absolute atomic E-state index is 0.0500. The van der Waals surface area contributed by atoms with Crippen LogP contribution in [-0.2, 0) is 24.2 Å². The molecule has 0 bridgehead atoms. The summed E-state index contributed by atoms with van der Waals surface area (Å²) < 4.78 is 12.3. The number of aromatic nitrogens is 5. The first-order valence-electron chi connectivity index (χ1n) is 11.2. The molecule has 0 radical (unpaired) electrons. The summed E-state index contributed by atoms with van der Waals surface area (Å²) in [5.74, 6) is 1.54. The van der Waals surface area contributed by atoms with Gasteiger partial charge in [0, 0.05) is 68.7 Å². The van der Waals surface area contributed by atoms with Gasteiger partial charge in [-0.15, -0.1) is 0 Å². The summed E-state index contributed by atoms with van der Waals surface area (Å²) in [7, 11) is 0. The van der Waals surface area contributed by atoms with Crippen molar-refractivity contribution in [3.8, 4) is 11.3 Å². The van der Waals surface area contributed by atoms with Gasteiger partial charge in [0.2, 0.25) is 5.95 Å². The number of furan rings is 1. The highest BCUT2D eigenvalue weighted by Gasteiger charge is 2.23. The summed E-state index contributed by atoms with van der Waals surface area (Å²) in [6, 6.07) is 3.79. The minimum Gasteiger partial charge on any atom is -0.469 e. The van der Waals surface area contributed by atoms with Crippen LogP contribution in [-0.4, -0.2) is 62.3 Å². The molecule has 6 heterocycles. The van der Waals surface area contributed by atoms with Crippen molar-refractivity contribution in [3.05, 3.63) is 63.7 Å². The SMILES string of the molecule is Cc1occc1-c1cc2nc3c(c(=O)n2[nH]1)CN(Cc1cnc(N2CCOCC2)nc1)CC3. The Morgan fingerprint density at radius 1 is 1.15 bits per heavy atom. The lowest BCUT2D eigenvalue weighted by Gasteiger charge is -2.28. The largest absolute Gasteiger partial charge is 0.469 e. The molecule has 0 atom stereocenters. The van der Waals surface area contributed by atoms with Gasteiger partial charge in [0.05, 0.1) is 36.4 Å². The topological polar surface area (TPSA) is 105 Å². The minimum atomic E-state index is -0.0500. The van der Waals surface area contributed by atoms with Gasteiger partial charge in [-0.2, -0.15) is 0 Å². The first-order chi connectivity index (χ1) is 16.2. The zero-order chi connectivity index (χ0) is 22.4. The third-order valence-corrected chi connectivity index (χ3v) is 6.38. The van der Waals surface area contributed by atoms with Crippen LogP contribution in [0.5, 0.6) is 0 Å². The van der Waals surface area contributed by atoms with Crippen LogP contribution in [0.25, 0.3) is 16.9 Å². The highest BCUT2D eigenvalue weighted by Crippen LogP contribution is 2.24. The number of H-pyrrole nitrogens is 1. The predicted molar refractivity (Wildman–Crippen MR) is 121 cm³/mol. The van der Waals surface area contributed by atoms with Gasteiger partial charge in [0.1, 0.15) is 5.76 Å². The van der Waals surface area contributed by atoms with Crippen LogP contribution in [0.15, 0.2) is 40.0 Å². The average Bonchev–Trinajstić information content (AvgIpc) is 3.47. The summed E-state index contributed by atoms with van der Waals surface area (Å²) >= 11 is 0. The van der Waals surface area contributed by atoms with Crippen molar-refractivity contribution in [2.45, 2.75) is 26.4 Å². The molecule has 0 aliphatic carbocycles. The fraction of sp³-hybridized carbons (Fsp3) is 0.391. The maximum Gasteiger partial charge on any atom is 0.277 e. The Morgan fingerprint density at radius 3 is 2.73 bits per heavy atom. The van der Waals surface area contributed by atoms with Crippen LogP contribution in [0.4, 0.5) is 5.95 Å². The van der Waals surface area contributed by atoms with E-state index in [1.165, 1.54) is 4.52 Å². The Balaban J connectivity index is 1.22. The lowest BCUT2D eigenvalue weighted by atomic mass is 10.1. The van der Waals surface area contributed by atoms with Crippen LogP contribution in [0.1, 0.15) is 22.6 Å². The van der Waals surface area contributed by atoms with E-state index in [0.29, 0.717) is 32.0 Å². The number of nitrogens with one attached hydrogen (secondary N) is 1. The number of morpholine rings is 1. The number of aromatic amines is 1. The molecular weight excluding hydrogens is 422 g/mol. The van der Waals surface area contributed by atoms with Crippen molar-refractivity contribution >= 4 is 11.6 Å². The van der Waals surface area contributed by atoms with Crippen molar-refractivity contribution in [1.29, 1.82) is 0 Å². The number of hydrogen-bond donors (Lipinski definition) is 1. The van der Waals surface area contributed by atoms with E-state index < -0.39 is 0 Å². The second-order valence-electron chi connectivity index (χ2n) is 8.55. The van der Waals surface area contributed by atoms with Crippen molar-refractivity contribution in [3.63, 3.8) is 0 Å². The summed E-state index contributed by atoms with van der Waals surface area (Å²) in [6.07, 6.45) is 6.14. The summed E-state index contributed by atoms with van der Waals surface area (Å²) in [5, 5.41) is 3.19. The van der Waals surface area contributed by atoms with Crippen LogP contribution >= 0.6 is 0 Å². The van der Waals surface area contributed by atoms with E-state index in [0.717, 1.165) is 65.8 Å². The maximum absolute atomic E-state index is 13.3. The lowest BCUT2D eigenvalue weighted by Crippen LogP contribution is -2.37. The average molecular weight is 447 g/mol. The van der Waals surface area contributed by atoms with Gasteiger partial charge < -0.3 is 14.1 Å². The van der Waals surface area contributed by atoms with Crippen LogP contribution in [0, 0.1) is 6.92 Å². The van der Waals surface area contributed by atoms with Crippen molar-refractivity contribution in [1.82, 2.24) is 29.5 Å². The molecule has 1 saturated heterocycles. The molecule has 6 rings (SSSR count). The Morgan fingerprint density at radius 2 is 1.97 bits per heavy atom. The monoisotopic (exact) mass is 447 g/mol. The standard InChI is InChI=1S/C23H25N7O3/c1-15-17(3-7-33-15)20-10-21-26-19-2-4-28(14-18(19)22(31)30(21)27-20)13-16-11-24-23(25-12-16)29-5-8-32-9-6-29/h3,7,10-12,27H,2,4-6,8-9,13-14H2,1H3. The van der Waals surface area contributed by atoms with Gasteiger partial charge in [0.15, 0.2) is 5.65 Å². The molecule has 10 nitrogen and oxygen atoms in total. The first kappa shape index (κ1) is 20.1. The summed E-state index contributed by atoms with van der Waals surface area (Å²) in [6.45, 7) is 7.01. The number of anilines is 1. The second kappa shape index (κ2) is 8.13. The van der Waals surface area contributed by atoms with Crippen molar-refractivity contribution < 1.29 is 9.15 Å². The highest BCUT2D eigenvalue weighted by atomic mass is 16.5. The Labute approximate surface area is 189 Å². The zero-order valence-electron chi connectivity index (χ0n) is 18.5. The molecule has 2 aliphatic heterocycles. The van der Waals surface area contributed by atoms with E-state index in [4.69, 9.17) is 14.1 Å². The van der Waals surface area contributed by atoms with Crippen LogP contribution < -0.4 is 10.5 Å². The molecule has 1 fully saturated rings. The van der Waals surface area contributed by atoms with Gasteiger partial charge in [-0.1, -0.05) is 0 Å². The van der Waals surface area contributed by atoms with Crippen LogP contribution in [0.2, 0.25) is 0 Å². The fourth-order valence-corrected chi connectivity index (χ4v) is 4.59. The van der Waals surface area contributed by atoms with Crippen molar-refractivity contribution in [2.24, 2.45) is 0 Å². The molecule has 170 valence electrons. The molecule has 1 N–H and O–H groups in total. The number of hydrogen-bond acceptors (Lipinski definition) is 8. The lowest BCUT2D eigenvalue weighted by molar-refractivity contribution is 0.122. The van der Waals surface area contributed by atoms with E-state index >= 15 is 0 Å². The molecule has 0 spiro atoms. The van der Waals surface area contributed by atoms with E-state index in [-0.39, 0.29) is 5.56 Å². The number of nitrogens with zero attached hydrogens (tertiary/aromatic N) is 6. The second-order valence-corrected chi connectivity index (χ2v) is 8.55. The quantitative estimate of drug-likeness (QED) is 0.505. The third-order valence-electron chi connectivity index (χ3n) is 6.38. The normalized spacial score (nSPS) is 16.9. The molecular formula is C23H25N7O3. The number of rotatable bonds is 4. The fourth-order valence-electron chi connectivity index (χ4n) is 4.59. The third kappa shape index (κ3) is 3.70. The van der Waals surface area contributed by atoms with Gasteiger partial charge in [-0.3, -0.25) is 14.8 Å². The van der Waals surface area contributed by atoms with Gasteiger partial charge >= 0.3 is 0 Å². The molecule has 0 unspecified atom stereocenters. The van der Waals surface area contributed by atoms with E-state index in [1.54, 1.807) is 6.26 Å². The van der Waals surface area contributed by atoms with Crippen LogP contribution in [0.3, 0.4) is 0 Å². The Bertz CT molecular complexity index is 1350. The molecule has 10 heteroatoms. The predicted octanol–water partition coefficient (Wildman–Crippen LogP) is 1.78. The first-order valence-corrected chi connectivity index (χ1v) is 11.2. The number of aryl methyl sites for hydroxylation is 1. The summed E-state index contributed by atoms with van der Waals surface area (Å²) in [5.41, 5.74) is 4.98. The molecule has 0 aromatic carbocycles. The van der Waals surface area contributed by atoms with Gasteiger partial charge in [-0.05, 0) is 13.0 Å².